The Bertz CT molecular complexity index is 352. The highest BCUT2D eigenvalue weighted by atomic mass is 16.6. The molecule has 1 rings (SSSR count). The monoisotopic (exact) mass is 225 g/mol. The number of rotatable bonds is 3. The number of hydrogen-bond acceptors (Lipinski definition) is 3. The predicted molar refractivity (Wildman–Crippen MR) is 61.3 cm³/mol. The zero-order valence-corrected chi connectivity index (χ0v) is 10.3. The van der Waals surface area contributed by atoms with Crippen LogP contribution in [0.5, 0.6) is 0 Å². The van der Waals surface area contributed by atoms with Gasteiger partial charge in [0.15, 0.2) is 0 Å². The molecule has 2 N–H and O–H groups in total. The highest BCUT2D eigenvalue weighted by Gasteiger charge is 2.15. The maximum atomic E-state index is 11.3. The lowest BCUT2D eigenvalue weighted by molar-refractivity contribution is 0.0528. The third-order valence-corrected chi connectivity index (χ3v) is 2.00. The van der Waals surface area contributed by atoms with E-state index in [4.69, 9.17) is 4.74 Å². The molecular formula is C11H19N3O2. The lowest BCUT2D eigenvalue weighted by Gasteiger charge is -2.19. The molecule has 1 amide bonds. The molecule has 0 bridgehead atoms. The third-order valence-electron chi connectivity index (χ3n) is 2.00. The van der Waals surface area contributed by atoms with E-state index in [0.717, 1.165) is 17.7 Å². The van der Waals surface area contributed by atoms with Crippen molar-refractivity contribution in [3.8, 4) is 0 Å². The van der Waals surface area contributed by atoms with Gasteiger partial charge in [0.05, 0.1) is 6.20 Å². The van der Waals surface area contributed by atoms with Gasteiger partial charge in [-0.15, -0.1) is 0 Å². The molecule has 0 aliphatic rings. The quantitative estimate of drug-likeness (QED) is 0.824. The number of aryl methyl sites for hydroxylation is 1. The zero-order chi connectivity index (χ0) is 12.2. The first-order valence-corrected chi connectivity index (χ1v) is 5.34. The Balaban J connectivity index is 2.26. The first-order chi connectivity index (χ1) is 7.38. The number of ether oxygens (including phenoxy) is 1. The Morgan fingerprint density at radius 1 is 1.56 bits per heavy atom. The van der Waals surface area contributed by atoms with Gasteiger partial charge in [0.25, 0.3) is 0 Å². The number of hydrogen-bond donors (Lipinski definition) is 2. The van der Waals surface area contributed by atoms with Crippen LogP contribution in [0.3, 0.4) is 0 Å². The van der Waals surface area contributed by atoms with Crippen LogP contribution in [0.4, 0.5) is 4.79 Å². The molecule has 0 unspecified atom stereocenters. The molecule has 0 aromatic carbocycles. The largest absolute Gasteiger partial charge is 0.444 e. The van der Waals surface area contributed by atoms with Crippen molar-refractivity contribution in [2.75, 3.05) is 6.54 Å². The predicted octanol–water partition coefficient (Wildman–Crippen LogP) is 1.79. The van der Waals surface area contributed by atoms with Crippen molar-refractivity contribution in [3.63, 3.8) is 0 Å². The molecule has 16 heavy (non-hydrogen) atoms. The number of aromatic amines is 1. The molecule has 0 radical (unpaired) electrons. The minimum Gasteiger partial charge on any atom is -0.444 e. The number of nitrogens with one attached hydrogen (secondary N) is 2. The topological polar surface area (TPSA) is 67.0 Å². The van der Waals surface area contributed by atoms with Crippen molar-refractivity contribution in [2.24, 2.45) is 0 Å². The van der Waals surface area contributed by atoms with Crippen LogP contribution in [-0.2, 0) is 11.2 Å². The maximum absolute atomic E-state index is 11.3. The summed E-state index contributed by atoms with van der Waals surface area (Å²) in [6.07, 6.45) is 2.14. The summed E-state index contributed by atoms with van der Waals surface area (Å²) in [4.78, 5) is 11.3. The van der Waals surface area contributed by atoms with E-state index in [1.165, 1.54) is 0 Å². The average molecular weight is 225 g/mol. The van der Waals surface area contributed by atoms with Gasteiger partial charge in [0.1, 0.15) is 5.60 Å². The summed E-state index contributed by atoms with van der Waals surface area (Å²) >= 11 is 0. The highest BCUT2D eigenvalue weighted by molar-refractivity contribution is 5.67. The first kappa shape index (κ1) is 12.5. The van der Waals surface area contributed by atoms with E-state index in [1.807, 2.05) is 27.7 Å². The average Bonchev–Trinajstić information content (AvgIpc) is 2.48. The van der Waals surface area contributed by atoms with Crippen molar-refractivity contribution in [1.29, 1.82) is 0 Å². The van der Waals surface area contributed by atoms with Crippen molar-refractivity contribution in [2.45, 2.75) is 39.7 Å². The van der Waals surface area contributed by atoms with Gasteiger partial charge in [0, 0.05) is 12.2 Å². The van der Waals surface area contributed by atoms with Crippen molar-refractivity contribution in [3.05, 3.63) is 17.5 Å². The molecule has 0 spiro atoms. The van der Waals surface area contributed by atoms with Crippen LogP contribution in [0.25, 0.3) is 0 Å². The molecule has 1 heterocycles. The van der Waals surface area contributed by atoms with Gasteiger partial charge in [-0.1, -0.05) is 0 Å². The van der Waals surface area contributed by atoms with Crippen LogP contribution in [0, 0.1) is 6.92 Å². The molecule has 0 saturated heterocycles. The lowest BCUT2D eigenvalue weighted by Crippen LogP contribution is -2.33. The zero-order valence-electron chi connectivity index (χ0n) is 10.3. The van der Waals surface area contributed by atoms with E-state index in [0.29, 0.717) is 6.54 Å². The van der Waals surface area contributed by atoms with E-state index < -0.39 is 5.60 Å². The molecule has 5 heteroatoms. The molecule has 0 saturated carbocycles. The van der Waals surface area contributed by atoms with Crippen molar-refractivity contribution < 1.29 is 9.53 Å². The number of amides is 1. The van der Waals surface area contributed by atoms with Crippen LogP contribution >= 0.6 is 0 Å². The summed E-state index contributed by atoms with van der Waals surface area (Å²) < 4.78 is 5.11. The number of alkyl carbamates (subject to hydrolysis) is 1. The Labute approximate surface area is 95.6 Å². The fourth-order valence-corrected chi connectivity index (χ4v) is 1.24. The summed E-state index contributed by atoms with van der Waals surface area (Å²) in [5, 5.41) is 9.46. The molecule has 1 aromatic heterocycles. The first-order valence-electron chi connectivity index (χ1n) is 5.34. The molecule has 0 aliphatic heterocycles. The number of nitrogens with zero attached hydrogens (tertiary/aromatic N) is 1. The van der Waals surface area contributed by atoms with Gasteiger partial charge in [-0.25, -0.2) is 4.79 Å². The number of carbonyl (C=O) groups is 1. The van der Waals surface area contributed by atoms with Gasteiger partial charge in [0.2, 0.25) is 0 Å². The Morgan fingerprint density at radius 2 is 2.25 bits per heavy atom. The maximum Gasteiger partial charge on any atom is 0.407 e. The highest BCUT2D eigenvalue weighted by Crippen LogP contribution is 2.06. The van der Waals surface area contributed by atoms with Crippen LogP contribution < -0.4 is 5.32 Å². The summed E-state index contributed by atoms with van der Waals surface area (Å²) in [7, 11) is 0. The summed E-state index contributed by atoms with van der Waals surface area (Å²) in [6, 6.07) is 0. The second-order valence-electron chi connectivity index (χ2n) is 4.70. The summed E-state index contributed by atoms with van der Waals surface area (Å²) in [6.45, 7) is 8.03. The Kier molecular flexibility index (Phi) is 3.93. The van der Waals surface area contributed by atoms with Gasteiger partial charge < -0.3 is 10.1 Å². The second-order valence-corrected chi connectivity index (χ2v) is 4.70. The Morgan fingerprint density at radius 3 is 2.75 bits per heavy atom. The van der Waals surface area contributed by atoms with E-state index in [1.54, 1.807) is 6.20 Å². The summed E-state index contributed by atoms with van der Waals surface area (Å²) in [5.74, 6) is 0. The van der Waals surface area contributed by atoms with Gasteiger partial charge in [-0.3, -0.25) is 5.10 Å². The fraction of sp³-hybridized carbons (Fsp3) is 0.636. The van der Waals surface area contributed by atoms with Crippen LogP contribution in [-0.4, -0.2) is 28.4 Å². The molecule has 90 valence electrons. The molecule has 0 atom stereocenters. The van der Waals surface area contributed by atoms with Crippen LogP contribution in [0.15, 0.2) is 6.20 Å². The normalized spacial score (nSPS) is 11.2. The van der Waals surface area contributed by atoms with Gasteiger partial charge >= 0.3 is 6.09 Å². The smallest absolute Gasteiger partial charge is 0.407 e. The van der Waals surface area contributed by atoms with E-state index in [-0.39, 0.29) is 6.09 Å². The van der Waals surface area contributed by atoms with E-state index in [2.05, 4.69) is 15.5 Å². The fourth-order valence-electron chi connectivity index (χ4n) is 1.24. The minimum absolute atomic E-state index is 0.381. The van der Waals surface area contributed by atoms with Crippen LogP contribution in [0.2, 0.25) is 0 Å². The lowest BCUT2D eigenvalue weighted by atomic mass is 10.2. The van der Waals surface area contributed by atoms with Crippen molar-refractivity contribution >= 4 is 6.09 Å². The van der Waals surface area contributed by atoms with E-state index in [9.17, 15) is 4.79 Å². The standard InChI is InChI=1S/C11H19N3O2/c1-8-9(7-13-14-8)5-6-12-10(15)16-11(2,3)4/h7H,5-6H2,1-4H3,(H,12,15)(H,13,14). The SMILES string of the molecule is Cc1[nH]ncc1CCNC(=O)OC(C)(C)C. The van der Waals surface area contributed by atoms with Crippen LogP contribution in [0.1, 0.15) is 32.0 Å². The molecular weight excluding hydrogens is 206 g/mol. The second kappa shape index (κ2) is 5.01. The third kappa shape index (κ3) is 4.33. The van der Waals surface area contributed by atoms with Gasteiger partial charge in [-0.05, 0) is 39.7 Å². The van der Waals surface area contributed by atoms with E-state index >= 15 is 0 Å². The minimum atomic E-state index is -0.449. The molecule has 1 aromatic rings. The number of H-pyrrole nitrogens is 1. The van der Waals surface area contributed by atoms with Crippen molar-refractivity contribution in [1.82, 2.24) is 15.5 Å². The molecule has 0 aliphatic carbocycles. The number of aromatic nitrogens is 2. The molecule has 5 nitrogen and oxygen atoms in total. The number of carbonyl (C=O) groups excluding carboxylic acids is 1. The Hall–Kier alpha value is -1.52. The van der Waals surface area contributed by atoms with Gasteiger partial charge in [-0.2, -0.15) is 5.10 Å². The molecule has 0 fully saturated rings. The summed E-state index contributed by atoms with van der Waals surface area (Å²) in [5.41, 5.74) is 1.69.